The van der Waals surface area contributed by atoms with Gasteiger partial charge < -0.3 is 0 Å². The lowest BCUT2D eigenvalue weighted by Gasteiger charge is -2.08. The van der Waals surface area contributed by atoms with Gasteiger partial charge in [-0.25, -0.2) is 17.2 Å². The number of benzene rings is 2. The first kappa shape index (κ1) is 13.8. The molecule has 0 aliphatic carbocycles. The van der Waals surface area contributed by atoms with Gasteiger partial charge in [0, 0.05) is 10.7 Å². The van der Waals surface area contributed by atoms with Gasteiger partial charge in [0.2, 0.25) is 0 Å². The molecule has 0 aliphatic heterocycles. The predicted octanol–water partition coefficient (Wildman–Crippen LogP) is 3.42. The van der Waals surface area contributed by atoms with Crippen molar-refractivity contribution < 1.29 is 17.2 Å². The molecule has 0 saturated carbocycles. The molecule has 1 N–H and O–H groups in total. The molecule has 3 nitrogen and oxygen atoms in total. The van der Waals surface area contributed by atoms with Crippen LogP contribution in [0.5, 0.6) is 0 Å². The van der Waals surface area contributed by atoms with Gasteiger partial charge in [0.25, 0.3) is 10.0 Å². The third-order valence-electron chi connectivity index (χ3n) is 2.28. The van der Waals surface area contributed by atoms with E-state index in [2.05, 4.69) is 4.72 Å². The van der Waals surface area contributed by atoms with Crippen molar-refractivity contribution in [3.63, 3.8) is 0 Å². The zero-order valence-electron chi connectivity index (χ0n) is 9.40. The van der Waals surface area contributed by atoms with Crippen LogP contribution in [0.4, 0.5) is 14.5 Å². The van der Waals surface area contributed by atoms with Crippen LogP contribution >= 0.6 is 11.6 Å². The Balaban J connectivity index is 2.35. The molecule has 0 fully saturated rings. The predicted molar refractivity (Wildman–Crippen MR) is 68.6 cm³/mol. The van der Waals surface area contributed by atoms with Gasteiger partial charge in [-0.2, -0.15) is 0 Å². The van der Waals surface area contributed by atoms with Crippen molar-refractivity contribution in [1.29, 1.82) is 0 Å². The van der Waals surface area contributed by atoms with Crippen LogP contribution in [0.3, 0.4) is 0 Å². The van der Waals surface area contributed by atoms with Crippen LogP contribution in [0.15, 0.2) is 47.4 Å². The molecule has 0 heterocycles. The second kappa shape index (κ2) is 5.14. The van der Waals surface area contributed by atoms with E-state index >= 15 is 0 Å². The van der Waals surface area contributed by atoms with Crippen molar-refractivity contribution in [1.82, 2.24) is 0 Å². The minimum Gasteiger partial charge on any atom is -0.280 e. The summed E-state index contributed by atoms with van der Waals surface area (Å²) in [6.45, 7) is 0. The van der Waals surface area contributed by atoms with Crippen molar-refractivity contribution in [2.45, 2.75) is 4.90 Å². The average molecular weight is 304 g/mol. The van der Waals surface area contributed by atoms with E-state index in [1.807, 2.05) is 0 Å². The maximum Gasteiger partial charge on any atom is 0.264 e. The Morgan fingerprint density at radius 3 is 2.21 bits per heavy atom. The zero-order valence-corrected chi connectivity index (χ0v) is 11.0. The maximum atomic E-state index is 13.5. The van der Waals surface area contributed by atoms with Gasteiger partial charge in [-0.1, -0.05) is 11.6 Å². The Morgan fingerprint density at radius 2 is 1.63 bits per heavy atom. The standard InChI is InChI=1S/C12H8ClF2NO2S/c13-8-1-6-12(11(15)7-8)19(17,18)16-10-4-2-9(14)3-5-10/h1-7,16H. The van der Waals surface area contributed by atoms with Gasteiger partial charge >= 0.3 is 0 Å². The first-order chi connectivity index (χ1) is 8.88. The van der Waals surface area contributed by atoms with Crippen molar-refractivity contribution in [2.24, 2.45) is 0 Å². The summed E-state index contributed by atoms with van der Waals surface area (Å²) in [5, 5.41) is 0.0956. The molecule has 2 rings (SSSR count). The molecule has 0 radical (unpaired) electrons. The summed E-state index contributed by atoms with van der Waals surface area (Å²) in [6, 6.07) is 7.89. The van der Waals surface area contributed by atoms with Gasteiger partial charge in [0.1, 0.15) is 16.5 Å². The smallest absolute Gasteiger partial charge is 0.264 e. The summed E-state index contributed by atoms with van der Waals surface area (Å²) >= 11 is 5.55. The summed E-state index contributed by atoms with van der Waals surface area (Å²) in [6.07, 6.45) is 0. The highest BCUT2D eigenvalue weighted by molar-refractivity contribution is 7.92. The molecule has 100 valence electrons. The molecular weight excluding hydrogens is 296 g/mol. The molecule has 0 aromatic heterocycles. The van der Waals surface area contributed by atoms with Gasteiger partial charge in [-0.3, -0.25) is 4.72 Å². The molecule has 0 bridgehead atoms. The fourth-order valence-corrected chi connectivity index (χ4v) is 2.70. The minimum absolute atomic E-state index is 0.0956. The van der Waals surface area contributed by atoms with Crippen LogP contribution in [0.25, 0.3) is 0 Å². The summed E-state index contributed by atoms with van der Waals surface area (Å²) < 4.78 is 52.3. The number of sulfonamides is 1. The number of anilines is 1. The van der Waals surface area contributed by atoms with Gasteiger partial charge in [0.15, 0.2) is 0 Å². The molecule has 0 saturated heterocycles. The molecule has 19 heavy (non-hydrogen) atoms. The van der Waals surface area contributed by atoms with E-state index in [0.29, 0.717) is 0 Å². The van der Waals surface area contributed by atoms with Crippen LogP contribution in [0, 0.1) is 11.6 Å². The Labute approximate surface area is 113 Å². The Morgan fingerprint density at radius 1 is 1.00 bits per heavy atom. The summed E-state index contributed by atoms with van der Waals surface area (Å²) in [5.74, 6) is -1.46. The van der Waals surface area contributed by atoms with Crippen molar-refractivity contribution in [3.8, 4) is 0 Å². The van der Waals surface area contributed by atoms with Crippen molar-refractivity contribution in [2.75, 3.05) is 4.72 Å². The highest BCUT2D eigenvalue weighted by atomic mass is 35.5. The topological polar surface area (TPSA) is 46.2 Å². The molecule has 0 spiro atoms. The third-order valence-corrected chi connectivity index (χ3v) is 3.93. The van der Waals surface area contributed by atoms with Crippen LogP contribution in [0.1, 0.15) is 0 Å². The highest BCUT2D eigenvalue weighted by Crippen LogP contribution is 2.21. The SMILES string of the molecule is O=S(=O)(Nc1ccc(F)cc1)c1ccc(Cl)cc1F. The van der Waals surface area contributed by atoms with Gasteiger partial charge in [-0.15, -0.1) is 0 Å². The normalized spacial score (nSPS) is 11.3. The minimum atomic E-state index is -4.08. The van der Waals surface area contributed by atoms with E-state index in [0.717, 1.165) is 24.3 Å². The summed E-state index contributed by atoms with van der Waals surface area (Å²) in [7, 11) is -4.08. The number of hydrogen-bond donors (Lipinski definition) is 1. The van der Waals surface area contributed by atoms with Crippen molar-refractivity contribution in [3.05, 3.63) is 59.1 Å². The van der Waals surface area contributed by atoms with Crippen molar-refractivity contribution >= 4 is 27.3 Å². The maximum absolute atomic E-state index is 13.5. The Bertz CT molecular complexity index is 702. The first-order valence-corrected chi connectivity index (χ1v) is 6.98. The van der Waals surface area contributed by atoms with E-state index in [1.54, 1.807) is 0 Å². The van der Waals surface area contributed by atoms with Gasteiger partial charge in [0.05, 0.1) is 0 Å². The van der Waals surface area contributed by atoms with Crippen LogP contribution in [-0.4, -0.2) is 8.42 Å². The number of rotatable bonds is 3. The molecule has 2 aromatic carbocycles. The lowest BCUT2D eigenvalue weighted by molar-refractivity contribution is 0.570. The second-order valence-corrected chi connectivity index (χ2v) is 5.77. The number of nitrogens with one attached hydrogen (secondary N) is 1. The molecule has 7 heteroatoms. The molecule has 0 aliphatic rings. The highest BCUT2D eigenvalue weighted by Gasteiger charge is 2.19. The first-order valence-electron chi connectivity index (χ1n) is 5.12. The summed E-state index contributed by atoms with van der Waals surface area (Å²) in [4.78, 5) is -0.527. The molecule has 0 amide bonds. The second-order valence-electron chi connectivity index (χ2n) is 3.69. The van der Waals surface area contributed by atoms with E-state index < -0.39 is 26.6 Å². The van der Waals surface area contributed by atoms with E-state index in [4.69, 9.17) is 11.6 Å². The molecule has 0 unspecified atom stereocenters. The largest absolute Gasteiger partial charge is 0.280 e. The molecule has 0 atom stereocenters. The Hall–Kier alpha value is -1.66. The van der Waals surface area contributed by atoms with Crippen LogP contribution < -0.4 is 4.72 Å². The lowest BCUT2D eigenvalue weighted by atomic mass is 10.3. The molecular formula is C12H8ClF2NO2S. The van der Waals surface area contributed by atoms with Crippen LogP contribution in [-0.2, 0) is 10.0 Å². The van der Waals surface area contributed by atoms with E-state index in [-0.39, 0.29) is 10.7 Å². The number of hydrogen-bond acceptors (Lipinski definition) is 2. The van der Waals surface area contributed by atoms with Gasteiger partial charge in [-0.05, 0) is 42.5 Å². The monoisotopic (exact) mass is 303 g/mol. The fourth-order valence-electron chi connectivity index (χ4n) is 1.42. The zero-order chi connectivity index (χ0) is 14.0. The number of halogens is 3. The molecule has 2 aromatic rings. The van der Waals surface area contributed by atoms with Crippen LogP contribution in [0.2, 0.25) is 5.02 Å². The third kappa shape index (κ3) is 3.21. The fraction of sp³-hybridized carbons (Fsp3) is 0. The quantitative estimate of drug-likeness (QED) is 0.944. The van der Waals surface area contributed by atoms with E-state index in [1.165, 1.54) is 18.2 Å². The summed E-state index contributed by atoms with van der Waals surface area (Å²) in [5.41, 5.74) is 0.135. The lowest BCUT2D eigenvalue weighted by Crippen LogP contribution is -2.14. The Kier molecular flexibility index (Phi) is 3.73. The van der Waals surface area contributed by atoms with E-state index in [9.17, 15) is 17.2 Å². The average Bonchev–Trinajstić information content (AvgIpc) is 2.31.